The fourth-order valence-electron chi connectivity index (χ4n) is 3.81. The van der Waals surface area contributed by atoms with E-state index in [1.54, 1.807) is 6.92 Å². The van der Waals surface area contributed by atoms with Gasteiger partial charge in [-0.1, -0.05) is 5.16 Å². The zero-order chi connectivity index (χ0) is 16.6. The molecule has 7 heteroatoms. The zero-order valence-corrected chi connectivity index (χ0v) is 14.3. The maximum Gasteiger partial charge on any atom is 0.229 e. The SMILES string of the molecule is CCOC1CC(O)C12CCN(C(=O)Cc1c(C)noc1Cl)CC2. The molecule has 1 aliphatic carbocycles. The Hall–Kier alpha value is -1.11. The maximum atomic E-state index is 12.5. The number of halogens is 1. The lowest BCUT2D eigenvalue weighted by atomic mass is 9.58. The average molecular weight is 343 g/mol. The standard InChI is InChI=1S/C16H23ClN2O4/c1-3-22-13-9-12(20)16(13)4-6-19(7-5-16)14(21)8-11-10(2)18-23-15(11)17/h12-13,20H,3-9H2,1-2H3. The Morgan fingerprint density at radius 1 is 1.52 bits per heavy atom. The van der Waals surface area contributed by atoms with Crippen LogP contribution in [-0.4, -0.2) is 53.0 Å². The lowest BCUT2D eigenvalue weighted by Gasteiger charge is -2.56. The molecule has 1 amide bonds. The van der Waals surface area contributed by atoms with Gasteiger partial charge in [0.2, 0.25) is 11.1 Å². The van der Waals surface area contributed by atoms with E-state index in [-0.39, 0.29) is 35.2 Å². The molecule has 2 heterocycles. The third-order valence-corrected chi connectivity index (χ3v) is 5.72. The number of carbonyl (C=O) groups is 1. The molecule has 1 aromatic heterocycles. The van der Waals surface area contributed by atoms with E-state index in [0.717, 1.165) is 12.8 Å². The number of aliphatic hydroxyl groups excluding tert-OH is 1. The molecule has 128 valence electrons. The van der Waals surface area contributed by atoms with Crippen molar-refractivity contribution in [1.29, 1.82) is 0 Å². The Balaban J connectivity index is 1.59. The van der Waals surface area contributed by atoms with Crippen LogP contribution < -0.4 is 0 Å². The number of rotatable bonds is 4. The Morgan fingerprint density at radius 3 is 2.74 bits per heavy atom. The van der Waals surface area contributed by atoms with Crippen LogP contribution in [0.25, 0.3) is 0 Å². The molecule has 1 aromatic rings. The van der Waals surface area contributed by atoms with Gasteiger partial charge >= 0.3 is 0 Å². The molecule has 1 N–H and O–H groups in total. The molecule has 0 radical (unpaired) electrons. The first-order valence-corrected chi connectivity index (χ1v) is 8.54. The van der Waals surface area contributed by atoms with Crippen LogP contribution >= 0.6 is 11.6 Å². The minimum Gasteiger partial charge on any atom is -0.392 e. The van der Waals surface area contributed by atoms with Gasteiger partial charge in [-0.25, -0.2) is 0 Å². The lowest BCUT2D eigenvalue weighted by molar-refractivity contribution is -0.210. The van der Waals surface area contributed by atoms with E-state index in [1.807, 2.05) is 11.8 Å². The van der Waals surface area contributed by atoms with Crippen LogP contribution in [0.1, 0.15) is 37.4 Å². The van der Waals surface area contributed by atoms with E-state index in [1.165, 1.54) is 0 Å². The molecule has 2 fully saturated rings. The van der Waals surface area contributed by atoms with E-state index in [4.69, 9.17) is 20.9 Å². The van der Waals surface area contributed by atoms with Crippen LogP contribution in [0.3, 0.4) is 0 Å². The van der Waals surface area contributed by atoms with Gasteiger partial charge < -0.3 is 19.3 Å². The summed E-state index contributed by atoms with van der Waals surface area (Å²) in [6.07, 6.45) is 2.28. The normalized spacial score (nSPS) is 26.3. The molecule has 2 aliphatic rings. The van der Waals surface area contributed by atoms with Crippen molar-refractivity contribution in [2.24, 2.45) is 5.41 Å². The molecule has 6 nitrogen and oxygen atoms in total. The largest absolute Gasteiger partial charge is 0.392 e. The predicted molar refractivity (Wildman–Crippen MR) is 84.2 cm³/mol. The quantitative estimate of drug-likeness (QED) is 0.905. The molecule has 1 spiro atoms. The summed E-state index contributed by atoms with van der Waals surface area (Å²) in [5, 5.41) is 14.2. The number of ether oxygens (including phenoxy) is 1. The summed E-state index contributed by atoms with van der Waals surface area (Å²) in [4.78, 5) is 14.3. The number of aryl methyl sites for hydroxylation is 1. The van der Waals surface area contributed by atoms with Crippen molar-refractivity contribution in [1.82, 2.24) is 10.1 Å². The Labute approximate surface area is 140 Å². The number of likely N-dealkylation sites (tertiary alicyclic amines) is 1. The molecule has 0 aromatic carbocycles. The molecular formula is C16H23ClN2O4. The van der Waals surface area contributed by atoms with Gasteiger partial charge in [0.1, 0.15) is 0 Å². The van der Waals surface area contributed by atoms with E-state index in [9.17, 15) is 9.90 Å². The summed E-state index contributed by atoms with van der Waals surface area (Å²) in [6, 6.07) is 0. The second-order valence-corrected chi connectivity index (χ2v) is 6.85. The Bertz CT molecular complexity index is 559. The minimum atomic E-state index is -0.314. The number of nitrogens with zero attached hydrogens (tertiary/aromatic N) is 2. The van der Waals surface area contributed by atoms with Gasteiger partial charge in [0.15, 0.2) is 0 Å². The second-order valence-electron chi connectivity index (χ2n) is 6.51. The fraction of sp³-hybridized carbons (Fsp3) is 0.750. The van der Waals surface area contributed by atoms with Crippen LogP contribution in [0, 0.1) is 12.3 Å². The lowest BCUT2D eigenvalue weighted by Crippen LogP contribution is -2.62. The summed E-state index contributed by atoms with van der Waals surface area (Å²) in [5.41, 5.74) is 1.15. The molecule has 2 atom stereocenters. The van der Waals surface area contributed by atoms with Crippen molar-refractivity contribution in [3.8, 4) is 0 Å². The first-order valence-electron chi connectivity index (χ1n) is 8.16. The van der Waals surface area contributed by atoms with Gasteiger partial charge in [-0.2, -0.15) is 0 Å². The van der Waals surface area contributed by atoms with Crippen LogP contribution in [0.15, 0.2) is 4.52 Å². The number of aromatic nitrogens is 1. The molecular weight excluding hydrogens is 320 g/mol. The van der Waals surface area contributed by atoms with Gasteiger partial charge in [-0.05, 0) is 38.3 Å². The first-order chi connectivity index (χ1) is 11.0. The van der Waals surface area contributed by atoms with Crippen molar-refractivity contribution < 1.29 is 19.2 Å². The van der Waals surface area contributed by atoms with Gasteiger partial charge in [0, 0.05) is 37.1 Å². The van der Waals surface area contributed by atoms with Crippen LogP contribution in [0.4, 0.5) is 0 Å². The van der Waals surface area contributed by atoms with E-state index >= 15 is 0 Å². The Kier molecular flexibility index (Phi) is 4.67. The number of amides is 1. The second kappa shape index (κ2) is 6.42. The summed E-state index contributed by atoms with van der Waals surface area (Å²) < 4.78 is 10.6. The highest BCUT2D eigenvalue weighted by Crippen LogP contribution is 2.51. The smallest absolute Gasteiger partial charge is 0.229 e. The van der Waals surface area contributed by atoms with Crippen molar-refractivity contribution >= 4 is 17.5 Å². The molecule has 0 bridgehead atoms. The monoisotopic (exact) mass is 342 g/mol. The van der Waals surface area contributed by atoms with E-state index < -0.39 is 0 Å². The highest BCUT2D eigenvalue weighted by atomic mass is 35.5. The third-order valence-electron chi connectivity index (χ3n) is 5.42. The number of piperidine rings is 1. The number of carbonyl (C=O) groups excluding carboxylic acids is 1. The zero-order valence-electron chi connectivity index (χ0n) is 13.5. The van der Waals surface area contributed by atoms with Crippen LogP contribution in [0.2, 0.25) is 5.22 Å². The maximum absolute atomic E-state index is 12.5. The molecule has 1 saturated carbocycles. The third kappa shape index (κ3) is 2.88. The van der Waals surface area contributed by atoms with Gasteiger partial charge in [0.05, 0.1) is 24.3 Å². The van der Waals surface area contributed by atoms with Crippen LogP contribution in [0.5, 0.6) is 0 Å². The summed E-state index contributed by atoms with van der Waals surface area (Å²) in [7, 11) is 0. The summed E-state index contributed by atoms with van der Waals surface area (Å²) in [5.74, 6) is 0.0230. The Morgan fingerprint density at radius 2 is 2.22 bits per heavy atom. The topological polar surface area (TPSA) is 75.8 Å². The van der Waals surface area contributed by atoms with E-state index in [0.29, 0.717) is 37.4 Å². The summed E-state index contributed by atoms with van der Waals surface area (Å²) >= 11 is 5.93. The molecule has 3 rings (SSSR count). The highest BCUT2D eigenvalue weighted by molar-refractivity contribution is 6.29. The molecule has 2 unspecified atom stereocenters. The van der Waals surface area contributed by atoms with E-state index in [2.05, 4.69) is 5.16 Å². The number of aliphatic hydroxyl groups is 1. The summed E-state index contributed by atoms with van der Waals surface area (Å²) in [6.45, 7) is 5.69. The highest BCUT2D eigenvalue weighted by Gasteiger charge is 2.56. The van der Waals surface area contributed by atoms with Gasteiger partial charge in [0.25, 0.3) is 0 Å². The van der Waals surface area contributed by atoms with Crippen molar-refractivity contribution in [3.05, 3.63) is 16.5 Å². The first kappa shape index (κ1) is 16.7. The predicted octanol–water partition coefficient (Wildman–Crippen LogP) is 1.96. The van der Waals surface area contributed by atoms with Crippen LogP contribution in [-0.2, 0) is 16.0 Å². The molecule has 1 saturated heterocycles. The van der Waals surface area contributed by atoms with Gasteiger partial charge in [-0.3, -0.25) is 4.79 Å². The van der Waals surface area contributed by atoms with Crippen molar-refractivity contribution in [3.63, 3.8) is 0 Å². The van der Waals surface area contributed by atoms with Crippen molar-refractivity contribution in [2.45, 2.75) is 51.7 Å². The van der Waals surface area contributed by atoms with Crippen molar-refractivity contribution in [2.75, 3.05) is 19.7 Å². The average Bonchev–Trinajstić information content (AvgIpc) is 2.86. The molecule has 1 aliphatic heterocycles. The number of hydrogen-bond donors (Lipinski definition) is 1. The molecule has 23 heavy (non-hydrogen) atoms. The number of hydrogen-bond acceptors (Lipinski definition) is 5. The fourth-order valence-corrected chi connectivity index (χ4v) is 4.05. The van der Waals surface area contributed by atoms with Gasteiger partial charge in [-0.15, -0.1) is 0 Å². The minimum absolute atomic E-state index is 0.0230.